The van der Waals surface area contributed by atoms with Gasteiger partial charge in [0.15, 0.2) is 0 Å². The first-order valence-electron chi connectivity index (χ1n) is 7.26. The first-order chi connectivity index (χ1) is 11.0. The standard InChI is InChI=1S/C15H18N4O4/c1-9-4-2-3-5-11(9)19-12(14(20)21)6-10(8-17-18-16)7-13(19)15(22)23/h2-5,10,12-13H,6-8H2,1H3,(H,20,21)(H,22,23). The van der Waals surface area contributed by atoms with Gasteiger partial charge in [0, 0.05) is 17.1 Å². The van der Waals surface area contributed by atoms with E-state index in [1.165, 1.54) is 4.90 Å². The Hall–Kier alpha value is -2.73. The quantitative estimate of drug-likeness (QED) is 0.489. The van der Waals surface area contributed by atoms with Crippen molar-refractivity contribution in [3.63, 3.8) is 0 Å². The summed E-state index contributed by atoms with van der Waals surface area (Å²) in [6, 6.07) is 5.19. The second-order valence-electron chi connectivity index (χ2n) is 5.65. The topological polar surface area (TPSA) is 127 Å². The lowest BCUT2D eigenvalue weighted by molar-refractivity contribution is -0.142. The summed E-state index contributed by atoms with van der Waals surface area (Å²) in [4.78, 5) is 27.5. The van der Waals surface area contributed by atoms with Gasteiger partial charge in [-0.25, -0.2) is 9.59 Å². The summed E-state index contributed by atoms with van der Waals surface area (Å²) in [5.74, 6) is -2.43. The van der Waals surface area contributed by atoms with Crippen molar-refractivity contribution in [2.45, 2.75) is 31.8 Å². The molecular weight excluding hydrogens is 300 g/mol. The van der Waals surface area contributed by atoms with E-state index >= 15 is 0 Å². The smallest absolute Gasteiger partial charge is 0.326 e. The maximum atomic E-state index is 11.7. The van der Waals surface area contributed by atoms with Crippen LogP contribution in [-0.2, 0) is 9.59 Å². The Morgan fingerprint density at radius 2 is 1.83 bits per heavy atom. The van der Waals surface area contributed by atoms with Crippen molar-refractivity contribution < 1.29 is 19.8 Å². The summed E-state index contributed by atoms with van der Waals surface area (Å²) >= 11 is 0. The van der Waals surface area contributed by atoms with E-state index in [0.29, 0.717) is 5.69 Å². The minimum absolute atomic E-state index is 0.103. The van der Waals surface area contributed by atoms with E-state index in [2.05, 4.69) is 10.0 Å². The summed E-state index contributed by atoms with van der Waals surface area (Å²) in [5, 5.41) is 22.6. The number of carbonyl (C=O) groups is 2. The minimum Gasteiger partial charge on any atom is -0.480 e. The largest absolute Gasteiger partial charge is 0.480 e. The van der Waals surface area contributed by atoms with Crippen LogP contribution in [0.3, 0.4) is 0 Å². The summed E-state index contributed by atoms with van der Waals surface area (Å²) in [5.41, 5.74) is 9.85. The molecule has 23 heavy (non-hydrogen) atoms. The Morgan fingerprint density at radius 1 is 1.26 bits per heavy atom. The van der Waals surface area contributed by atoms with E-state index in [1.807, 2.05) is 19.1 Å². The van der Waals surface area contributed by atoms with Gasteiger partial charge < -0.3 is 15.1 Å². The SMILES string of the molecule is Cc1ccccc1N1C(C(=O)O)CC(CN=[N+]=[N-])CC1C(=O)O. The van der Waals surface area contributed by atoms with Crippen molar-refractivity contribution in [3.8, 4) is 0 Å². The monoisotopic (exact) mass is 318 g/mol. The van der Waals surface area contributed by atoms with Crippen LogP contribution in [0, 0.1) is 12.8 Å². The lowest BCUT2D eigenvalue weighted by atomic mass is 9.85. The number of hydrogen-bond donors (Lipinski definition) is 2. The summed E-state index contributed by atoms with van der Waals surface area (Å²) < 4.78 is 0. The lowest BCUT2D eigenvalue weighted by Crippen LogP contribution is -2.56. The molecule has 0 amide bonds. The molecule has 8 heteroatoms. The average Bonchev–Trinajstić information content (AvgIpc) is 2.52. The molecule has 2 rings (SSSR count). The second-order valence-corrected chi connectivity index (χ2v) is 5.65. The Kier molecular flexibility index (Phi) is 5.08. The average molecular weight is 318 g/mol. The van der Waals surface area contributed by atoms with Gasteiger partial charge in [-0.1, -0.05) is 23.3 Å². The van der Waals surface area contributed by atoms with E-state index in [0.717, 1.165) is 5.56 Å². The molecule has 0 saturated carbocycles. The highest BCUT2D eigenvalue weighted by atomic mass is 16.4. The van der Waals surface area contributed by atoms with Gasteiger partial charge in [-0.3, -0.25) is 0 Å². The molecule has 1 aromatic rings. The molecule has 2 N–H and O–H groups in total. The van der Waals surface area contributed by atoms with Crippen LogP contribution >= 0.6 is 0 Å². The molecule has 1 aromatic carbocycles. The number of benzene rings is 1. The molecule has 0 spiro atoms. The van der Waals surface area contributed by atoms with Gasteiger partial charge in [-0.05, 0) is 42.8 Å². The molecule has 8 nitrogen and oxygen atoms in total. The zero-order valence-electron chi connectivity index (χ0n) is 12.7. The van der Waals surface area contributed by atoms with E-state index in [1.54, 1.807) is 12.1 Å². The minimum atomic E-state index is -1.08. The Bertz CT molecular complexity index is 633. The third-order valence-corrected chi connectivity index (χ3v) is 4.15. The van der Waals surface area contributed by atoms with Gasteiger partial charge in [0.1, 0.15) is 12.1 Å². The molecule has 0 aliphatic carbocycles. The number of azide groups is 1. The molecule has 1 heterocycles. The normalized spacial score (nSPS) is 23.9. The van der Waals surface area contributed by atoms with Gasteiger partial charge in [-0.2, -0.15) is 0 Å². The van der Waals surface area contributed by atoms with Crippen LogP contribution in [0.1, 0.15) is 18.4 Å². The number of hydrogen-bond acceptors (Lipinski definition) is 4. The second kappa shape index (κ2) is 7.02. The fourth-order valence-corrected chi connectivity index (χ4v) is 3.10. The Balaban J connectivity index is 2.43. The number of carboxylic acid groups (broad SMARTS) is 2. The molecule has 0 bridgehead atoms. The molecule has 1 aliphatic heterocycles. The van der Waals surface area contributed by atoms with E-state index < -0.39 is 24.0 Å². The fourth-order valence-electron chi connectivity index (χ4n) is 3.10. The molecule has 1 saturated heterocycles. The number of rotatable bonds is 5. The van der Waals surface area contributed by atoms with Crippen molar-refractivity contribution in [1.29, 1.82) is 0 Å². The van der Waals surface area contributed by atoms with E-state index in [9.17, 15) is 19.8 Å². The number of aryl methyl sites for hydroxylation is 1. The maximum Gasteiger partial charge on any atom is 0.326 e. The first kappa shape index (κ1) is 16.6. The van der Waals surface area contributed by atoms with Crippen LogP contribution in [0.25, 0.3) is 10.4 Å². The third kappa shape index (κ3) is 3.54. The fraction of sp³-hybridized carbons (Fsp3) is 0.467. The molecule has 2 unspecified atom stereocenters. The van der Waals surface area contributed by atoms with Crippen LogP contribution in [0.2, 0.25) is 0 Å². The zero-order chi connectivity index (χ0) is 17.0. The number of nitrogens with zero attached hydrogens (tertiary/aromatic N) is 4. The summed E-state index contributed by atoms with van der Waals surface area (Å²) in [6.07, 6.45) is 0.485. The predicted molar refractivity (Wildman–Crippen MR) is 83.2 cm³/mol. The van der Waals surface area contributed by atoms with Gasteiger partial charge in [0.25, 0.3) is 0 Å². The summed E-state index contributed by atoms with van der Waals surface area (Å²) in [6.45, 7) is 1.92. The number of anilines is 1. The van der Waals surface area contributed by atoms with Crippen molar-refractivity contribution in [1.82, 2.24) is 0 Å². The van der Waals surface area contributed by atoms with E-state index in [4.69, 9.17) is 5.53 Å². The van der Waals surface area contributed by atoms with Crippen LogP contribution in [0.5, 0.6) is 0 Å². The lowest BCUT2D eigenvalue weighted by Gasteiger charge is -2.43. The van der Waals surface area contributed by atoms with Gasteiger partial charge in [0.05, 0.1) is 0 Å². The predicted octanol–water partition coefficient (Wildman–Crippen LogP) is 2.43. The zero-order valence-corrected chi connectivity index (χ0v) is 12.7. The van der Waals surface area contributed by atoms with Gasteiger partial charge in [0.2, 0.25) is 0 Å². The summed E-state index contributed by atoms with van der Waals surface area (Å²) in [7, 11) is 0. The van der Waals surface area contributed by atoms with Crippen molar-refractivity contribution in [2.75, 3.05) is 11.4 Å². The number of carboxylic acids is 2. The third-order valence-electron chi connectivity index (χ3n) is 4.15. The van der Waals surface area contributed by atoms with E-state index in [-0.39, 0.29) is 25.3 Å². The molecule has 2 atom stereocenters. The highest BCUT2D eigenvalue weighted by Gasteiger charge is 2.42. The number of piperidine rings is 1. The number of para-hydroxylation sites is 1. The van der Waals surface area contributed by atoms with Crippen LogP contribution < -0.4 is 4.90 Å². The maximum absolute atomic E-state index is 11.7. The first-order valence-corrected chi connectivity index (χ1v) is 7.26. The molecule has 122 valence electrons. The Labute approximate surface area is 133 Å². The van der Waals surface area contributed by atoms with Crippen molar-refractivity contribution in [3.05, 3.63) is 40.3 Å². The van der Waals surface area contributed by atoms with Crippen LogP contribution in [-0.4, -0.2) is 40.8 Å². The highest BCUT2D eigenvalue weighted by molar-refractivity contribution is 5.86. The van der Waals surface area contributed by atoms with Gasteiger partial charge in [-0.15, -0.1) is 0 Å². The molecule has 1 aliphatic rings. The van der Waals surface area contributed by atoms with Gasteiger partial charge >= 0.3 is 11.9 Å². The molecular formula is C15H18N4O4. The molecule has 0 aromatic heterocycles. The number of aliphatic carboxylic acids is 2. The molecule has 1 fully saturated rings. The van der Waals surface area contributed by atoms with Crippen molar-refractivity contribution >= 4 is 17.6 Å². The highest BCUT2D eigenvalue weighted by Crippen LogP contribution is 2.34. The Morgan fingerprint density at radius 3 is 2.30 bits per heavy atom. The molecule has 0 radical (unpaired) electrons. The van der Waals surface area contributed by atoms with Crippen molar-refractivity contribution in [2.24, 2.45) is 11.0 Å². The van der Waals surface area contributed by atoms with Crippen LogP contribution in [0.4, 0.5) is 5.69 Å². The van der Waals surface area contributed by atoms with Crippen LogP contribution in [0.15, 0.2) is 29.4 Å².